The molecule has 3 aromatic carbocycles. The molecule has 0 fully saturated rings. The minimum atomic E-state index is 0.00585. The summed E-state index contributed by atoms with van der Waals surface area (Å²) in [6, 6.07) is 24.7. The Morgan fingerprint density at radius 1 is 0.406 bits per heavy atom. The molecule has 158 valence electrons. The van der Waals surface area contributed by atoms with Gasteiger partial charge in [0.1, 0.15) is 0 Å². The van der Waals surface area contributed by atoms with E-state index in [1.165, 1.54) is 5.56 Å². The average Bonchev–Trinajstić information content (AvgIpc) is 2.75. The van der Waals surface area contributed by atoms with Gasteiger partial charge in [-0.25, -0.2) is 0 Å². The number of hydrogen-bond acceptors (Lipinski definition) is 0. The molecule has 0 heterocycles. The van der Waals surface area contributed by atoms with Crippen LogP contribution in [0.15, 0.2) is 72.8 Å². The van der Waals surface area contributed by atoms with Crippen molar-refractivity contribution in [2.75, 3.05) is 0 Å². The van der Waals surface area contributed by atoms with Gasteiger partial charge in [-0.15, -0.1) is 0 Å². The molecule has 0 saturated carbocycles. The first-order chi connectivity index (χ1) is 15.1. The smallest absolute Gasteiger partial charge is 0.0249 e. The lowest BCUT2D eigenvalue weighted by atomic mass is 9.87. The van der Waals surface area contributed by atoms with Crippen LogP contribution in [0, 0.1) is 40.9 Å². The Morgan fingerprint density at radius 2 is 0.688 bits per heavy atom. The van der Waals surface area contributed by atoms with Crippen LogP contribution in [-0.2, 0) is 5.41 Å². The molecule has 0 aliphatic rings. The van der Waals surface area contributed by atoms with Crippen LogP contribution < -0.4 is 0 Å². The van der Waals surface area contributed by atoms with Gasteiger partial charge in [-0.05, 0) is 92.4 Å². The molecule has 0 atom stereocenters. The van der Waals surface area contributed by atoms with E-state index < -0.39 is 0 Å². The van der Waals surface area contributed by atoms with Crippen molar-refractivity contribution in [3.63, 3.8) is 0 Å². The molecule has 0 bridgehead atoms. The minimum absolute atomic E-state index is 0.00585. The monoisotopic (exact) mass is 414 g/mol. The van der Waals surface area contributed by atoms with E-state index in [-0.39, 0.29) is 10.8 Å². The van der Waals surface area contributed by atoms with Gasteiger partial charge in [-0.1, -0.05) is 68.4 Å². The van der Waals surface area contributed by atoms with E-state index in [1.807, 2.05) is 48.5 Å². The lowest BCUT2D eigenvalue weighted by molar-refractivity contribution is 0.571. The van der Waals surface area contributed by atoms with Crippen LogP contribution in [0.4, 0.5) is 0 Å². The average molecular weight is 415 g/mol. The molecule has 32 heavy (non-hydrogen) atoms. The lowest BCUT2D eigenvalue weighted by Gasteiger charge is -2.18. The Balaban J connectivity index is 1.66. The van der Waals surface area contributed by atoms with E-state index >= 15 is 0 Å². The molecule has 0 unspecified atom stereocenters. The zero-order chi connectivity index (χ0) is 23.2. The van der Waals surface area contributed by atoms with Crippen LogP contribution >= 0.6 is 0 Å². The van der Waals surface area contributed by atoms with Crippen LogP contribution in [0.2, 0.25) is 0 Å². The van der Waals surface area contributed by atoms with Crippen LogP contribution in [0.1, 0.15) is 74.9 Å². The zero-order valence-corrected chi connectivity index (χ0v) is 19.9. The van der Waals surface area contributed by atoms with Crippen LogP contribution in [0.5, 0.6) is 0 Å². The van der Waals surface area contributed by atoms with Gasteiger partial charge < -0.3 is 0 Å². The maximum atomic E-state index is 3.25. The van der Waals surface area contributed by atoms with Crippen molar-refractivity contribution in [3.8, 4) is 35.5 Å². The molecule has 0 N–H and O–H groups in total. The molecule has 0 heteroatoms. The van der Waals surface area contributed by atoms with Crippen molar-refractivity contribution in [3.05, 3.63) is 106 Å². The first-order valence-corrected chi connectivity index (χ1v) is 11.0. The molecule has 0 amide bonds. The second-order valence-electron chi connectivity index (χ2n) is 9.98. The highest BCUT2D eigenvalue weighted by molar-refractivity contribution is 5.49. The molecule has 3 rings (SSSR count). The van der Waals surface area contributed by atoms with Crippen molar-refractivity contribution >= 4 is 0 Å². The predicted molar refractivity (Wildman–Crippen MR) is 136 cm³/mol. The number of hydrogen-bond donors (Lipinski definition) is 0. The van der Waals surface area contributed by atoms with Gasteiger partial charge in [0.05, 0.1) is 0 Å². The fraction of sp³-hybridized carbons (Fsp3) is 0.250. The zero-order valence-electron chi connectivity index (χ0n) is 19.9. The molecule has 0 radical (unpaired) electrons. The van der Waals surface area contributed by atoms with Crippen molar-refractivity contribution in [1.29, 1.82) is 0 Å². The van der Waals surface area contributed by atoms with Crippen LogP contribution in [0.25, 0.3) is 0 Å². The van der Waals surface area contributed by atoms with E-state index in [4.69, 9.17) is 0 Å². The Kier molecular flexibility index (Phi) is 6.94. The quantitative estimate of drug-likeness (QED) is 0.342. The van der Waals surface area contributed by atoms with Crippen molar-refractivity contribution in [2.24, 2.45) is 5.41 Å². The van der Waals surface area contributed by atoms with Gasteiger partial charge >= 0.3 is 0 Å². The van der Waals surface area contributed by atoms with Crippen molar-refractivity contribution < 1.29 is 0 Å². The largest absolute Gasteiger partial charge is 0.0920 e. The molecule has 0 aromatic heterocycles. The third-order valence-corrected chi connectivity index (χ3v) is 4.80. The molecule has 0 aliphatic heterocycles. The van der Waals surface area contributed by atoms with Crippen molar-refractivity contribution in [2.45, 2.75) is 47.0 Å². The molecule has 0 spiro atoms. The summed E-state index contributed by atoms with van der Waals surface area (Å²) in [6.07, 6.45) is 0. The molecule has 0 saturated heterocycles. The summed E-state index contributed by atoms with van der Waals surface area (Å²) in [7, 11) is 0. The summed E-state index contributed by atoms with van der Waals surface area (Å²) in [5.41, 5.74) is 6.46. The van der Waals surface area contributed by atoms with E-state index in [0.29, 0.717) is 0 Å². The summed E-state index contributed by atoms with van der Waals surface area (Å²) >= 11 is 0. The van der Waals surface area contributed by atoms with Gasteiger partial charge in [0.2, 0.25) is 0 Å². The summed E-state index contributed by atoms with van der Waals surface area (Å²) in [5.74, 6) is 19.4. The Bertz CT molecular complexity index is 1240. The first-order valence-electron chi connectivity index (χ1n) is 11.0. The third kappa shape index (κ3) is 7.24. The van der Waals surface area contributed by atoms with Gasteiger partial charge in [-0.2, -0.15) is 0 Å². The van der Waals surface area contributed by atoms with Gasteiger partial charge in [-0.3, -0.25) is 0 Å². The second kappa shape index (κ2) is 9.65. The minimum Gasteiger partial charge on any atom is -0.0920 e. The summed E-state index contributed by atoms with van der Waals surface area (Å²) in [6.45, 7) is 13.0. The first kappa shape index (κ1) is 23.0. The van der Waals surface area contributed by atoms with E-state index in [9.17, 15) is 0 Å². The lowest BCUT2D eigenvalue weighted by Crippen LogP contribution is -2.10. The normalized spacial score (nSPS) is 10.7. The number of benzene rings is 3. The highest BCUT2D eigenvalue weighted by Crippen LogP contribution is 2.22. The Hall–Kier alpha value is -3.66. The van der Waals surface area contributed by atoms with E-state index in [1.54, 1.807) is 0 Å². The highest BCUT2D eigenvalue weighted by Gasteiger charge is 2.12. The third-order valence-electron chi connectivity index (χ3n) is 4.80. The number of rotatable bonds is 0. The fourth-order valence-corrected chi connectivity index (χ4v) is 2.88. The van der Waals surface area contributed by atoms with Crippen LogP contribution in [0.3, 0.4) is 0 Å². The molecular weight excluding hydrogens is 384 g/mol. The molecule has 0 nitrogen and oxygen atoms in total. The SMILES string of the molecule is CC(C)(C)C#Cc1ccc(C#Cc2ccc(C#Cc3ccc(C(C)(C)C)cc3)cc2)cc1. The summed E-state index contributed by atoms with van der Waals surface area (Å²) < 4.78 is 0. The van der Waals surface area contributed by atoms with Crippen molar-refractivity contribution in [1.82, 2.24) is 0 Å². The Labute approximate surface area is 194 Å². The standard InChI is InChI=1S/C32H30/c1-31(2,3)24-23-29-17-15-27(16-18-29)12-11-25-7-9-26(10-8-25)13-14-28-19-21-30(22-20-28)32(4,5)6/h7-10,15-22H,1-6H3. The van der Waals surface area contributed by atoms with E-state index in [0.717, 1.165) is 27.8 Å². The van der Waals surface area contributed by atoms with Crippen LogP contribution in [-0.4, -0.2) is 0 Å². The Morgan fingerprint density at radius 3 is 0.969 bits per heavy atom. The second-order valence-corrected chi connectivity index (χ2v) is 9.98. The summed E-state index contributed by atoms with van der Waals surface area (Å²) in [5, 5.41) is 0. The molecule has 0 aliphatic carbocycles. The van der Waals surface area contributed by atoms with Gasteiger partial charge in [0, 0.05) is 33.2 Å². The topological polar surface area (TPSA) is 0 Å². The highest BCUT2D eigenvalue weighted by atomic mass is 14.2. The predicted octanol–water partition coefficient (Wildman–Crippen LogP) is 7.18. The molecular formula is C32H30. The maximum Gasteiger partial charge on any atom is 0.0249 e. The van der Waals surface area contributed by atoms with Gasteiger partial charge in [0.15, 0.2) is 0 Å². The fourth-order valence-electron chi connectivity index (χ4n) is 2.88. The summed E-state index contributed by atoms with van der Waals surface area (Å²) in [4.78, 5) is 0. The van der Waals surface area contributed by atoms with Gasteiger partial charge in [0.25, 0.3) is 0 Å². The maximum absolute atomic E-state index is 3.25. The van der Waals surface area contributed by atoms with E-state index in [2.05, 4.69) is 101 Å². The molecule has 3 aromatic rings.